The fourth-order valence-electron chi connectivity index (χ4n) is 2.58. The molecule has 0 spiro atoms. The van der Waals surface area contributed by atoms with Crippen molar-refractivity contribution in [2.75, 3.05) is 5.32 Å². The van der Waals surface area contributed by atoms with Crippen molar-refractivity contribution in [3.8, 4) is 11.5 Å². The zero-order valence-corrected chi connectivity index (χ0v) is 15.8. The van der Waals surface area contributed by atoms with E-state index in [1.165, 1.54) is 0 Å². The summed E-state index contributed by atoms with van der Waals surface area (Å²) in [4.78, 5) is 16.8. The van der Waals surface area contributed by atoms with Crippen LogP contribution in [0.5, 0.6) is 0 Å². The summed E-state index contributed by atoms with van der Waals surface area (Å²) in [6.07, 6.45) is 0. The summed E-state index contributed by atoms with van der Waals surface area (Å²) in [7, 11) is 0. The number of rotatable bonds is 2. The second kappa shape index (κ2) is 6.19. The van der Waals surface area contributed by atoms with E-state index >= 15 is 0 Å². The van der Waals surface area contributed by atoms with Gasteiger partial charge in [-0.2, -0.15) is 0 Å². The summed E-state index contributed by atoms with van der Waals surface area (Å²) in [6, 6.07) is 9.34. The van der Waals surface area contributed by atoms with Crippen molar-refractivity contribution in [3.63, 3.8) is 0 Å². The average Bonchev–Trinajstić information content (AvgIpc) is 2.92. The minimum atomic E-state index is -0.480. The van der Waals surface area contributed by atoms with E-state index in [4.69, 9.17) is 16.0 Å². The minimum absolute atomic E-state index is 0.0650. The Morgan fingerprint density at radius 3 is 2.56 bits per heavy atom. The highest BCUT2D eigenvalue weighted by atomic mass is 35.5. The molecule has 0 saturated heterocycles. The summed E-state index contributed by atoms with van der Waals surface area (Å²) in [5, 5.41) is 3.43. The SMILES string of the molecule is Cc1cc(C)c2oc(-c3cc(NC(=O)C(C)(C)C)ccc3Cl)nc2c1. The molecule has 130 valence electrons. The van der Waals surface area contributed by atoms with Crippen molar-refractivity contribution in [1.29, 1.82) is 0 Å². The zero-order valence-electron chi connectivity index (χ0n) is 15.0. The maximum Gasteiger partial charge on any atom is 0.229 e. The van der Waals surface area contributed by atoms with Gasteiger partial charge in [-0.05, 0) is 49.2 Å². The molecular formula is C20H21ClN2O2. The number of oxazole rings is 1. The molecule has 4 nitrogen and oxygen atoms in total. The number of halogens is 1. The van der Waals surface area contributed by atoms with Crippen molar-refractivity contribution in [2.24, 2.45) is 5.41 Å². The van der Waals surface area contributed by atoms with Gasteiger partial charge in [0.25, 0.3) is 0 Å². The van der Waals surface area contributed by atoms with Gasteiger partial charge >= 0.3 is 0 Å². The molecule has 1 heterocycles. The lowest BCUT2D eigenvalue weighted by molar-refractivity contribution is -0.123. The van der Waals surface area contributed by atoms with Crippen LogP contribution in [0.1, 0.15) is 31.9 Å². The number of carbonyl (C=O) groups is 1. The van der Waals surface area contributed by atoms with Crippen LogP contribution in [-0.4, -0.2) is 10.9 Å². The third kappa shape index (κ3) is 3.54. The molecular weight excluding hydrogens is 336 g/mol. The first-order chi connectivity index (χ1) is 11.6. The molecule has 1 amide bonds. The van der Waals surface area contributed by atoms with Crippen LogP contribution in [0.4, 0.5) is 5.69 Å². The molecule has 0 atom stereocenters. The number of carbonyl (C=O) groups excluding carboxylic acids is 1. The first kappa shape index (κ1) is 17.5. The third-order valence-corrected chi connectivity index (χ3v) is 4.29. The number of anilines is 1. The van der Waals surface area contributed by atoms with Crippen molar-refractivity contribution in [3.05, 3.63) is 46.5 Å². The number of fused-ring (bicyclic) bond motifs is 1. The fourth-order valence-corrected chi connectivity index (χ4v) is 2.78. The quantitative estimate of drug-likeness (QED) is 0.636. The van der Waals surface area contributed by atoms with Gasteiger partial charge in [0.05, 0.1) is 10.6 Å². The molecule has 0 aliphatic heterocycles. The standard InChI is InChI=1S/C20H21ClN2O2/c1-11-8-12(2)17-16(9-11)23-18(25-17)14-10-13(6-7-15(14)21)22-19(24)20(3,4)5/h6-10H,1-5H3,(H,22,24). The molecule has 1 aromatic heterocycles. The number of hydrogen-bond acceptors (Lipinski definition) is 3. The highest BCUT2D eigenvalue weighted by molar-refractivity contribution is 6.33. The maximum atomic E-state index is 12.2. The lowest BCUT2D eigenvalue weighted by Gasteiger charge is -2.18. The summed E-state index contributed by atoms with van der Waals surface area (Å²) >= 11 is 6.34. The molecule has 0 aliphatic rings. The third-order valence-electron chi connectivity index (χ3n) is 3.96. The van der Waals surface area contributed by atoms with Crippen LogP contribution in [0, 0.1) is 19.3 Å². The zero-order chi connectivity index (χ0) is 18.4. The number of nitrogens with zero attached hydrogens (tertiary/aromatic N) is 1. The Morgan fingerprint density at radius 2 is 1.88 bits per heavy atom. The van der Waals surface area contributed by atoms with Crippen LogP contribution in [0.2, 0.25) is 5.02 Å². The Kier molecular flexibility index (Phi) is 4.33. The van der Waals surface area contributed by atoms with Crippen molar-refractivity contribution < 1.29 is 9.21 Å². The van der Waals surface area contributed by atoms with Crippen LogP contribution in [0.25, 0.3) is 22.6 Å². The molecule has 25 heavy (non-hydrogen) atoms. The van der Waals surface area contributed by atoms with Crippen molar-refractivity contribution in [2.45, 2.75) is 34.6 Å². The normalized spacial score (nSPS) is 11.8. The van der Waals surface area contributed by atoms with E-state index < -0.39 is 5.41 Å². The summed E-state index contributed by atoms with van der Waals surface area (Å²) in [6.45, 7) is 9.61. The molecule has 0 fully saturated rings. The molecule has 2 aromatic carbocycles. The average molecular weight is 357 g/mol. The lowest BCUT2D eigenvalue weighted by Crippen LogP contribution is -2.27. The van der Waals surface area contributed by atoms with E-state index in [0.29, 0.717) is 22.2 Å². The Balaban J connectivity index is 2.04. The number of aromatic nitrogens is 1. The Hall–Kier alpha value is -2.33. The van der Waals surface area contributed by atoms with Gasteiger partial charge in [-0.15, -0.1) is 0 Å². The van der Waals surface area contributed by atoms with Gasteiger partial charge in [0.15, 0.2) is 5.58 Å². The highest BCUT2D eigenvalue weighted by Crippen LogP contribution is 2.33. The van der Waals surface area contributed by atoms with Gasteiger partial charge in [-0.3, -0.25) is 4.79 Å². The maximum absolute atomic E-state index is 12.2. The Bertz CT molecular complexity index is 968. The van der Waals surface area contributed by atoms with Gasteiger partial charge in [0, 0.05) is 11.1 Å². The van der Waals surface area contributed by atoms with E-state index in [9.17, 15) is 4.79 Å². The smallest absolute Gasteiger partial charge is 0.229 e. The molecule has 0 aliphatic carbocycles. The highest BCUT2D eigenvalue weighted by Gasteiger charge is 2.22. The van der Waals surface area contributed by atoms with E-state index in [1.54, 1.807) is 18.2 Å². The van der Waals surface area contributed by atoms with Crippen LogP contribution in [0.3, 0.4) is 0 Å². The molecule has 3 rings (SSSR count). The van der Waals surface area contributed by atoms with E-state index in [1.807, 2.05) is 40.7 Å². The molecule has 0 radical (unpaired) electrons. The number of nitrogens with one attached hydrogen (secondary N) is 1. The van der Waals surface area contributed by atoms with Gasteiger partial charge in [-0.25, -0.2) is 4.98 Å². The topological polar surface area (TPSA) is 55.1 Å². The number of hydrogen-bond donors (Lipinski definition) is 1. The molecule has 1 N–H and O–H groups in total. The molecule has 5 heteroatoms. The van der Waals surface area contributed by atoms with E-state index in [-0.39, 0.29) is 5.91 Å². The summed E-state index contributed by atoms with van der Waals surface area (Å²) in [5.74, 6) is 0.380. The lowest BCUT2D eigenvalue weighted by atomic mass is 9.95. The van der Waals surface area contributed by atoms with Crippen LogP contribution in [0.15, 0.2) is 34.7 Å². The number of amides is 1. The predicted octanol–water partition coefficient (Wildman–Crippen LogP) is 5.75. The largest absolute Gasteiger partial charge is 0.436 e. The second-order valence-corrected chi connectivity index (χ2v) is 7.76. The predicted molar refractivity (Wildman–Crippen MR) is 102 cm³/mol. The first-order valence-corrected chi connectivity index (χ1v) is 8.52. The summed E-state index contributed by atoms with van der Waals surface area (Å²) in [5.41, 5.74) is 4.54. The summed E-state index contributed by atoms with van der Waals surface area (Å²) < 4.78 is 5.94. The van der Waals surface area contributed by atoms with Crippen LogP contribution in [-0.2, 0) is 4.79 Å². The first-order valence-electron chi connectivity index (χ1n) is 8.14. The van der Waals surface area contributed by atoms with Crippen LogP contribution >= 0.6 is 11.6 Å². The molecule has 0 bridgehead atoms. The van der Waals surface area contributed by atoms with Gasteiger partial charge in [0.2, 0.25) is 11.8 Å². The second-order valence-electron chi connectivity index (χ2n) is 7.35. The Morgan fingerprint density at radius 1 is 1.16 bits per heavy atom. The number of aryl methyl sites for hydroxylation is 2. The minimum Gasteiger partial charge on any atom is -0.436 e. The van der Waals surface area contributed by atoms with Gasteiger partial charge in [-0.1, -0.05) is 38.4 Å². The molecule has 0 saturated carbocycles. The van der Waals surface area contributed by atoms with Crippen molar-refractivity contribution in [1.82, 2.24) is 4.98 Å². The Labute approximate surface area is 152 Å². The van der Waals surface area contributed by atoms with E-state index in [0.717, 1.165) is 22.2 Å². The molecule has 3 aromatic rings. The van der Waals surface area contributed by atoms with Crippen molar-refractivity contribution >= 4 is 34.3 Å². The van der Waals surface area contributed by atoms with Crippen LogP contribution < -0.4 is 5.32 Å². The van der Waals surface area contributed by atoms with Gasteiger partial charge < -0.3 is 9.73 Å². The van der Waals surface area contributed by atoms with Gasteiger partial charge in [0.1, 0.15) is 5.52 Å². The fraction of sp³-hybridized carbons (Fsp3) is 0.300. The monoisotopic (exact) mass is 356 g/mol. The van der Waals surface area contributed by atoms with E-state index in [2.05, 4.69) is 16.4 Å². The molecule has 0 unspecified atom stereocenters. The number of benzene rings is 2.